The lowest BCUT2D eigenvalue weighted by Crippen LogP contribution is -2.33. The maximum atomic E-state index is 11.8. The SMILES string of the molecule is COC(=O)C(CN(C)C)C1C=CCCCC1. The highest BCUT2D eigenvalue weighted by molar-refractivity contribution is 5.73. The fraction of sp³-hybridized carbons (Fsp3) is 0.769. The van der Waals surface area contributed by atoms with E-state index in [1.54, 1.807) is 0 Å². The Morgan fingerprint density at radius 1 is 1.50 bits per heavy atom. The maximum absolute atomic E-state index is 11.8. The Morgan fingerprint density at radius 2 is 2.25 bits per heavy atom. The van der Waals surface area contributed by atoms with Crippen molar-refractivity contribution in [1.82, 2.24) is 4.90 Å². The van der Waals surface area contributed by atoms with E-state index in [4.69, 9.17) is 4.74 Å². The first-order valence-electron chi connectivity index (χ1n) is 6.04. The van der Waals surface area contributed by atoms with Gasteiger partial charge >= 0.3 is 5.97 Å². The molecule has 1 aliphatic carbocycles. The first-order valence-corrected chi connectivity index (χ1v) is 6.04. The summed E-state index contributed by atoms with van der Waals surface area (Å²) < 4.78 is 4.91. The molecule has 1 rings (SSSR count). The molecule has 2 unspecified atom stereocenters. The van der Waals surface area contributed by atoms with Crippen LogP contribution in [0.15, 0.2) is 12.2 Å². The third kappa shape index (κ3) is 3.97. The van der Waals surface area contributed by atoms with Crippen molar-refractivity contribution in [2.75, 3.05) is 27.7 Å². The molecule has 92 valence electrons. The van der Waals surface area contributed by atoms with Gasteiger partial charge in [0, 0.05) is 6.54 Å². The summed E-state index contributed by atoms with van der Waals surface area (Å²) in [5.74, 6) is 0.247. The van der Waals surface area contributed by atoms with Crippen LogP contribution in [-0.2, 0) is 9.53 Å². The number of nitrogens with zero attached hydrogens (tertiary/aromatic N) is 1. The van der Waals surface area contributed by atoms with Gasteiger partial charge in [-0.1, -0.05) is 18.6 Å². The van der Waals surface area contributed by atoms with Crippen LogP contribution in [0, 0.1) is 11.8 Å². The van der Waals surface area contributed by atoms with Crippen molar-refractivity contribution < 1.29 is 9.53 Å². The average Bonchev–Trinajstić information content (AvgIpc) is 2.53. The lowest BCUT2D eigenvalue weighted by Gasteiger charge is -2.24. The topological polar surface area (TPSA) is 29.5 Å². The molecule has 0 radical (unpaired) electrons. The molecule has 3 heteroatoms. The summed E-state index contributed by atoms with van der Waals surface area (Å²) in [7, 11) is 5.47. The second kappa shape index (κ2) is 6.69. The van der Waals surface area contributed by atoms with Crippen molar-refractivity contribution in [1.29, 1.82) is 0 Å². The normalized spacial score (nSPS) is 22.9. The van der Waals surface area contributed by atoms with Crippen LogP contribution in [-0.4, -0.2) is 38.6 Å². The molecule has 0 amide bonds. The summed E-state index contributed by atoms with van der Waals surface area (Å²) in [4.78, 5) is 13.8. The van der Waals surface area contributed by atoms with Gasteiger partial charge in [-0.3, -0.25) is 4.79 Å². The van der Waals surface area contributed by atoms with E-state index < -0.39 is 0 Å². The molecule has 2 atom stereocenters. The smallest absolute Gasteiger partial charge is 0.310 e. The number of rotatable bonds is 4. The highest BCUT2D eigenvalue weighted by atomic mass is 16.5. The van der Waals surface area contributed by atoms with Gasteiger partial charge in [-0.05, 0) is 39.3 Å². The Labute approximate surface area is 98.5 Å². The predicted molar refractivity (Wildman–Crippen MR) is 65.2 cm³/mol. The number of hydrogen-bond donors (Lipinski definition) is 0. The number of ether oxygens (including phenoxy) is 1. The van der Waals surface area contributed by atoms with Gasteiger partial charge in [0.2, 0.25) is 0 Å². The van der Waals surface area contributed by atoms with E-state index >= 15 is 0 Å². The number of esters is 1. The predicted octanol–water partition coefficient (Wildman–Crippen LogP) is 2.08. The van der Waals surface area contributed by atoms with E-state index in [0.29, 0.717) is 5.92 Å². The van der Waals surface area contributed by atoms with Gasteiger partial charge in [-0.15, -0.1) is 0 Å². The Morgan fingerprint density at radius 3 is 2.88 bits per heavy atom. The van der Waals surface area contributed by atoms with Crippen molar-refractivity contribution >= 4 is 5.97 Å². The molecule has 0 heterocycles. The van der Waals surface area contributed by atoms with Crippen LogP contribution >= 0.6 is 0 Å². The van der Waals surface area contributed by atoms with Crippen molar-refractivity contribution in [2.24, 2.45) is 11.8 Å². The van der Waals surface area contributed by atoms with E-state index in [1.807, 2.05) is 14.1 Å². The quantitative estimate of drug-likeness (QED) is 0.542. The molecule has 0 aromatic heterocycles. The lowest BCUT2D eigenvalue weighted by atomic mass is 9.88. The van der Waals surface area contributed by atoms with Gasteiger partial charge in [-0.2, -0.15) is 0 Å². The molecule has 0 fully saturated rings. The van der Waals surface area contributed by atoms with Crippen molar-refractivity contribution in [3.05, 3.63) is 12.2 Å². The minimum atomic E-state index is -0.0785. The highest BCUT2D eigenvalue weighted by Crippen LogP contribution is 2.25. The van der Waals surface area contributed by atoms with Crippen LogP contribution in [0.3, 0.4) is 0 Å². The Balaban J connectivity index is 2.69. The zero-order valence-electron chi connectivity index (χ0n) is 10.6. The minimum absolute atomic E-state index is 0.0191. The first-order chi connectivity index (χ1) is 7.65. The van der Waals surface area contributed by atoms with Crippen LogP contribution in [0.5, 0.6) is 0 Å². The molecular weight excluding hydrogens is 202 g/mol. The first kappa shape index (κ1) is 13.2. The van der Waals surface area contributed by atoms with Gasteiger partial charge in [0.25, 0.3) is 0 Å². The third-order valence-corrected chi connectivity index (χ3v) is 3.12. The van der Waals surface area contributed by atoms with E-state index in [9.17, 15) is 4.79 Å². The van der Waals surface area contributed by atoms with Gasteiger partial charge in [0.05, 0.1) is 13.0 Å². The molecule has 0 saturated heterocycles. The zero-order valence-corrected chi connectivity index (χ0v) is 10.6. The summed E-state index contributed by atoms with van der Waals surface area (Å²) in [6.45, 7) is 0.766. The molecule has 0 aromatic rings. The molecule has 0 aromatic carbocycles. The van der Waals surface area contributed by atoms with Crippen LogP contribution in [0.4, 0.5) is 0 Å². The monoisotopic (exact) mass is 225 g/mol. The highest BCUT2D eigenvalue weighted by Gasteiger charge is 2.28. The number of allylic oxidation sites excluding steroid dienone is 2. The molecule has 3 nitrogen and oxygen atoms in total. The number of methoxy groups -OCH3 is 1. The van der Waals surface area contributed by atoms with Crippen molar-refractivity contribution in [2.45, 2.75) is 25.7 Å². The van der Waals surface area contributed by atoms with Crippen LogP contribution < -0.4 is 0 Å². The zero-order chi connectivity index (χ0) is 12.0. The maximum Gasteiger partial charge on any atom is 0.310 e. The molecule has 16 heavy (non-hydrogen) atoms. The second-order valence-electron chi connectivity index (χ2n) is 4.77. The van der Waals surface area contributed by atoms with Gasteiger partial charge in [0.15, 0.2) is 0 Å². The third-order valence-electron chi connectivity index (χ3n) is 3.12. The number of hydrogen-bond acceptors (Lipinski definition) is 3. The summed E-state index contributed by atoms with van der Waals surface area (Å²) >= 11 is 0. The van der Waals surface area contributed by atoms with E-state index in [1.165, 1.54) is 20.0 Å². The molecule has 0 saturated carbocycles. The summed E-state index contributed by atoms with van der Waals surface area (Å²) in [6.07, 6.45) is 9.11. The van der Waals surface area contributed by atoms with Gasteiger partial charge in [-0.25, -0.2) is 0 Å². The minimum Gasteiger partial charge on any atom is -0.469 e. The molecule has 0 spiro atoms. The summed E-state index contributed by atoms with van der Waals surface area (Å²) in [5, 5.41) is 0. The van der Waals surface area contributed by atoms with E-state index in [-0.39, 0.29) is 11.9 Å². The Hall–Kier alpha value is -0.830. The molecule has 1 aliphatic rings. The average molecular weight is 225 g/mol. The Bertz CT molecular complexity index is 248. The largest absolute Gasteiger partial charge is 0.469 e. The molecular formula is C13H23NO2. The number of carbonyl (C=O) groups is 1. The van der Waals surface area contributed by atoms with Gasteiger partial charge in [0.1, 0.15) is 0 Å². The van der Waals surface area contributed by atoms with E-state index in [0.717, 1.165) is 19.4 Å². The van der Waals surface area contributed by atoms with Gasteiger partial charge < -0.3 is 9.64 Å². The fourth-order valence-corrected chi connectivity index (χ4v) is 2.27. The fourth-order valence-electron chi connectivity index (χ4n) is 2.27. The lowest BCUT2D eigenvalue weighted by molar-refractivity contribution is -0.147. The second-order valence-corrected chi connectivity index (χ2v) is 4.77. The summed E-state index contributed by atoms with van der Waals surface area (Å²) in [6, 6.07) is 0. The standard InChI is InChI=1S/C13H23NO2/c1-14(2)10-12(13(15)16-3)11-8-6-4-5-7-9-11/h6,8,11-12H,4-5,7,9-10H2,1-3H3. The Kier molecular flexibility index (Phi) is 5.53. The number of carbonyl (C=O) groups excluding carboxylic acids is 1. The van der Waals surface area contributed by atoms with Crippen molar-refractivity contribution in [3.8, 4) is 0 Å². The van der Waals surface area contributed by atoms with Crippen molar-refractivity contribution in [3.63, 3.8) is 0 Å². The van der Waals surface area contributed by atoms with Crippen LogP contribution in [0.2, 0.25) is 0 Å². The molecule has 0 N–H and O–H groups in total. The van der Waals surface area contributed by atoms with E-state index in [2.05, 4.69) is 17.1 Å². The summed E-state index contributed by atoms with van der Waals surface area (Å²) in [5.41, 5.74) is 0. The van der Waals surface area contributed by atoms with Crippen LogP contribution in [0.1, 0.15) is 25.7 Å². The molecule has 0 bridgehead atoms. The van der Waals surface area contributed by atoms with Crippen LogP contribution in [0.25, 0.3) is 0 Å². The molecule has 0 aliphatic heterocycles.